The number of carbonyl (C=O) groups excluding carboxylic acids is 1. The van der Waals surface area contributed by atoms with Gasteiger partial charge in [-0.15, -0.1) is 0 Å². The highest BCUT2D eigenvalue weighted by Crippen LogP contribution is 2.50. The molecular formula is C7H12N2O. The van der Waals surface area contributed by atoms with Crippen molar-refractivity contribution >= 4 is 5.91 Å². The number of hydrogen-bond acceptors (Lipinski definition) is 2. The molecule has 3 atom stereocenters. The highest BCUT2D eigenvalue weighted by Gasteiger charge is 2.52. The summed E-state index contributed by atoms with van der Waals surface area (Å²) in [6.45, 7) is 2.20. The van der Waals surface area contributed by atoms with Crippen molar-refractivity contribution in [1.29, 1.82) is 0 Å². The first-order valence-corrected chi connectivity index (χ1v) is 3.78. The van der Waals surface area contributed by atoms with Gasteiger partial charge in [-0.05, 0) is 30.8 Å². The van der Waals surface area contributed by atoms with Crippen LogP contribution in [-0.2, 0) is 4.79 Å². The molecule has 1 aliphatic heterocycles. The highest BCUT2D eigenvalue weighted by molar-refractivity contribution is 5.74. The molecule has 1 saturated heterocycles. The van der Waals surface area contributed by atoms with Crippen LogP contribution in [0.15, 0.2) is 0 Å². The summed E-state index contributed by atoms with van der Waals surface area (Å²) < 4.78 is 0. The average Bonchev–Trinajstić information content (AvgIpc) is 2.40. The molecule has 1 heterocycles. The third-order valence-corrected chi connectivity index (χ3v) is 2.71. The van der Waals surface area contributed by atoms with Crippen LogP contribution >= 0.6 is 0 Å². The monoisotopic (exact) mass is 140 g/mol. The van der Waals surface area contributed by atoms with Gasteiger partial charge in [0, 0.05) is 6.42 Å². The molecular weight excluding hydrogens is 128 g/mol. The van der Waals surface area contributed by atoms with Crippen LogP contribution in [0.25, 0.3) is 0 Å². The molecule has 0 aromatic heterocycles. The average molecular weight is 140 g/mol. The zero-order valence-electron chi connectivity index (χ0n) is 5.84. The molecule has 2 rings (SSSR count). The lowest BCUT2D eigenvalue weighted by molar-refractivity contribution is -0.118. The van der Waals surface area contributed by atoms with E-state index in [1.54, 1.807) is 0 Å². The molecule has 0 aromatic carbocycles. The van der Waals surface area contributed by atoms with E-state index in [0.717, 1.165) is 24.9 Å². The molecule has 1 unspecified atom stereocenters. The van der Waals surface area contributed by atoms with Crippen LogP contribution < -0.4 is 11.1 Å². The highest BCUT2D eigenvalue weighted by atomic mass is 16.1. The smallest absolute Gasteiger partial charge is 0.217 e. The van der Waals surface area contributed by atoms with E-state index in [9.17, 15) is 4.79 Å². The zero-order chi connectivity index (χ0) is 7.14. The van der Waals surface area contributed by atoms with Crippen LogP contribution in [0.3, 0.4) is 0 Å². The Kier molecular flexibility index (Phi) is 1.20. The molecule has 2 fully saturated rings. The number of amides is 1. The third kappa shape index (κ3) is 0.814. The van der Waals surface area contributed by atoms with Crippen molar-refractivity contribution in [2.24, 2.45) is 23.5 Å². The molecule has 0 bridgehead atoms. The lowest BCUT2D eigenvalue weighted by Crippen LogP contribution is -2.18. The normalized spacial score (nSPS) is 43.0. The minimum absolute atomic E-state index is 0.139. The lowest BCUT2D eigenvalue weighted by Gasteiger charge is -1.99. The molecule has 0 spiro atoms. The molecule has 2 aliphatic rings. The van der Waals surface area contributed by atoms with Crippen LogP contribution in [0.2, 0.25) is 0 Å². The topological polar surface area (TPSA) is 55.1 Å². The fraction of sp³-hybridized carbons (Fsp3) is 0.857. The van der Waals surface area contributed by atoms with Gasteiger partial charge in [-0.25, -0.2) is 0 Å². The van der Waals surface area contributed by atoms with E-state index in [-0.39, 0.29) is 5.91 Å². The molecule has 10 heavy (non-hydrogen) atoms. The molecule has 1 aliphatic carbocycles. The van der Waals surface area contributed by atoms with Crippen molar-refractivity contribution in [2.75, 3.05) is 13.1 Å². The van der Waals surface area contributed by atoms with Crippen molar-refractivity contribution in [3.8, 4) is 0 Å². The van der Waals surface area contributed by atoms with Crippen molar-refractivity contribution in [1.82, 2.24) is 5.32 Å². The van der Waals surface area contributed by atoms with Crippen LogP contribution in [0.4, 0.5) is 0 Å². The van der Waals surface area contributed by atoms with Gasteiger partial charge in [0.25, 0.3) is 0 Å². The van der Waals surface area contributed by atoms with E-state index in [1.807, 2.05) is 0 Å². The molecule has 3 heteroatoms. The Hall–Kier alpha value is -0.570. The number of rotatable bonds is 2. The Morgan fingerprint density at radius 2 is 2.10 bits per heavy atom. The molecule has 3 N–H and O–H groups in total. The van der Waals surface area contributed by atoms with Gasteiger partial charge < -0.3 is 11.1 Å². The predicted octanol–water partition coefficient (Wildman–Crippen LogP) is -0.673. The minimum Gasteiger partial charge on any atom is -0.370 e. The fourth-order valence-electron chi connectivity index (χ4n) is 2.08. The minimum atomic E-state index is -0.139. The van der Waals surface area contributed by atoms with Crippen LogP contribution in [0.1, 0.15) is 6.42 Å². The Morgan fingerprint density at radius 3 is 2.60 bits per heavy atom. The molecule has 0 aromatic rings. The number of hydrogen-bond donors (Lipinski definition) is 2. The van der Waals surface area contributed by atoms with Crippen molar-refractivity contribution in [3.63, 3.8) is 0 Å². The summed E-state index contributed by atoms with van der Waals surface area (Å²) in [5, 5.41) is 3.27. The number of carbonyl (C=O) groups is 1. The molecule has 1 saturated carbocycles. The molecule has 0 radical (unpaired) electrons. The second kappa shape index (κ2) is 1.95. The van der Waals surface area contributed by atoms with E-state index in [1.165, 1.54) is 0 Å². The first-order valence-electron chi connectivity index (χ1n) is 3.78. The SMILES string of the molecule is NC(=O)CC1[C@H]2CNC[C@@H]12. The number of nitrogens with one attached hydrogen (secondary N) is 1. The van der Waals surface area contributed by atoms with E-state index in [0.29, 0.717) is 12.3 Å². The maximum Gasteiger partial charge on any atom is 0.217 e. The van der Waals surface area contributed by atoms with Gasteiger partial charge in [0.05, 0.1) is 0 Å². The van der Waals surface area contributed by atoms with Gasteiger partial charge in [-0.3, -0.25) is 4.79 Å². The van der Waals surface area contributed by atoms with Crippen molar-refractivity contribution in [2.45, 2.75) is 6.42 Å². The zero-order valence-corrected chi connectivity index (χ0v) is 5.84. The predicted molar refractivity (Wildman–Crippen MR) is 37.2 cm³/mol. The summed E-state index contributed by atoms with van der Waals surface area (Å²) in [5.74, 6) is 2.03. The van der Waals surface area contributed by atoms with Gasteiger partial charge >= 0.3 is 0 Å². The van der Waals surface area contributed by atoms with Crippen LogP contribution in [0, 0.1) is 17.8 Å². The third-order valence-electron chi connectivity index (χ3n) is 2.71. The Morgan fingerprint density at radius 1 is 1.50 bits per heavy atom. The van der Waals surface area contributed by atoms with Gasteiger partial charge in [0.15, 0.2) is 0 Å². The lowest BCUT2D eigenvalue weighted by atomic mass is 10.2. The quantitative estimate of drug-likeness (QED) is 0.534. The summed E-state index contributed by atoms with van der Waals surface area (Å²) in [7, 11) is 0. The second-order valence-electron chi connectivity index (χ2n) is 3.32. The van der Waals surface area contributed by atoms with E-state index >= 15 is 0 Å². The number of fused-ring (bicyclic) bond motifs is 1. The Labute approximate surface area is 60.0 Å². The van der Waals surface area contributed by atoms with Gasteiger partial charge in [0.1, 0.15) is 0 Å². The number of primary amides is 1. The van der Waals surface area contributed by atoms with Crippen LogP contribution in [-0.4, -0.2) is 19.0 Å². The second-order valence-corrected chi connectivity index (χ2v) is 3.32. The number of nitrogens with two attached hydrogens (primary N) is 1. The molecule has 3 nitrogen and oxygen atoms in total. The largest absolute Gasteiger partial charge is 0.370 e. The summed E-state index contributed by atoms with van der Waals surface area (Å²) in [6, 6.07) is 0. The van der Waals surface area contributed by atoms with E-state index in [4.69, 9.17) is 5.73 Å². The Bertz CT molecular complexity index is 159. The van der Waals surface area contributed by atoms with Gasteiger partial charge in [-0.2, -0.15) is 0 Å². The van der Waals surface area contributed by atoms with Gasteiger partial charge in [-0.1, -0.05) is 0 Å². The molecule has 56 valence electrons. The summed E-state index contributed by atoms with van der Waals surface area (Å²) in [4.78, 5) is 10.5. The first-order chi connectivity index (χ1) is 4.79. The summed E-state index contributed by atoms with van der Waals surface area (Å²) in [5.41, 5.74) is 5.08. The van der Waals surface area contributed by atoms with E-state index < -0.39 is 0 Å². The van der Waals surface area contributed by atoms with Crippen molar-refractivity contribution < 1.29 is 4.79 Å². The fourth-order valence-corrected chi connectivity index (χ4v) is 2.08. The summed E-state index contributed by atoms with van der Waals surface area (Å²) >= 11 is 0. The Balaban J connectivity index is 1.84. The molecule has 1 amide bonds. The number of piperidine rings is 1. The summed E-state index contributed by atoms with van der Waals surface area (Å²) in [6.07, 6.45) is 0.608. The van der Waals surface area contributed by atoms with Crippen molar-refractivity contribution in [3.05, 3.63) is 0 Å². The maximum atomic E-state index is 10.5. The van der Waals surface area contributed by atoms with Crippen LogP contribution in [0.5, 0.6) is 0 Å². The standard InChI is InChI=1S/C7H12N2O/c8-7(10)1-4-5-2-9-3-6(4)5/h4-6,9H,1-3H2,(H2,8,10)/t4?,5-,6+. The van der Waals surface area contributed by atoms with E-state index in [2.05, 4.69) is 5.32 Å². The maximum absolute atomic E-state index is 10.5. The first kappa shape index (κ1) is 6.16. The van der Waals surface area contributed by atoms with Gasteiger partial charge in [0.2, 0.25) is 5.91 Å².